The van der Waals surface area contributed by atoms with Crippen LogP contribution in [0.2, 0.25) is 10.0 Å². The Balaban J connectivity index is 1.88. The predicted octanol–water partition coefficient (Wildman–Crippen LogP) is 6.42. The smallest absolute Gasteiger partial charge is 0.211 e. The fourth-order valence-electron chi connectivity index (χ4n) is 2.72. The lowest BCUT2D eigenvalue weighted by molar-refractivity contribution is 0.848. The first-order valence-electron chi connectivity index (χ1n) is 8.83. The van der Waals surface area contributed by atoms with Crippen molar-refractivity contribution in [3.63, 3.8) is 0 Å². The molecular formula is C22H16Cl2N4S. The molecule has 0 saturated heterocycles. The van der Waals surface area contributed by atoms with Crippen molar-refractivity contribution in [1.82, 2.24) is 9.66 Å². The Morgan fingerprint density at radius 2 is 1.52 bits per heavy atom. The van der Waals surface area contributed by atoms with Gasteiger partial charge in [-0.25, -0.2) is 9.67 Å². The van der Waals surface area contributed by atoms with Gasteiger partial charge >= 0.3 is 0 Å². The lowest BCUT2D eigenvalue weighted by Gasteiger charge is -2.06. The zero-order valence-electron chi connectivity index (χ0n) is 15.5. The van der Waals surface area contributed by atoms with E-state index in [1.807, 2.05) is 77.6 Å². The Bertz CT molecular complexity index is 1210. The van der Waals surface area contributed by atoms with Crippen LogP contribution < -0.4 is 4.80 Å². The maximum atomic E-state index is 6.06. The van der Waals surface area contributed by atoms with Crippen LogP contribution in [-0.2, 0) is 0 Å². The van der Waals surface area contributed by atoms with Gasteiger partial charge in [0.25, 0.3) is 0 Å². The Kier molecular flexibility index (Phi) is 5.90. The SMILES string of the molecule is C/C(=N/n1c(-c2ccc(Cl)cc2)csc1=Nc1ccc(Cl)cc1)c1ccncc1. The first-order valence-corrected chi connectivity index (χ1v) is 10.5. The summed E-state index contributed by atoms with van der Waals surface area (Å²) < 4.78 is 1.86. The first kappa shape index (κ1) is 19.6. The first-order chi connectivity index (χ1) is 14.1. The van der Waals surface area contributed by atoms with Crippen molar-refractivity contribution in [3.05, 3.63) is 98.8 Å². The van der Waals surface area contributed by atoms with Gasteiger partial charge in [0.15, 0.2) is 0 Å². The molecular weight excluding hydrogens is 423 g/mol. The van der Waals surface area contributed by atoms with E-state index >= 15 is 0 Å². The van der Waals surface area contributed by atoms with E-state index in [2.05, 4.69) is 4.98 Å². The predicted molar refractivity (Wildman–Crippen MR) is 121 cm³/mol. The molecule has 2 aromatic heterocycles. The number of nitrogens with zero attached hydrogens (tertiary/aromatic N) is 4. The number of halogens is 2. The standard InChI is InChI=1S/C22H16Cl2N4S/c1-15(16-10-12-25-13-11-16)27-28-21(17-2-4-18(23)5-3-17)14-29-22(28)26-20-8-6-19(24)7-9-20/h2-14H,1H3/b26-22?,27-15-. The molecule has 0 fully saturated rings. The van der Waals surface area contributed by atoms with Gasteiger partial charge in [-0.2, -0.15) is 5.10 Å². The van der Waals surface area contributed by atoms with Gasteiger partial charge in [-0.3, -0.25) is 4.98 Å². The van der Waals surface area contributed by atoms with E-state index in [0.717, 1.165) is 33.0 Å². The summed E-state index contributed by atoms with van der Waals surface area (Å²) >= 11 is 13.6. The fraction of sp³-hybridized carbons (Fsp3) is 0.0455. The third-order valence-corrected chi connectivity index (χ3v) is 5.54. The van der Waals surface area contributed by atoms with E-state index < -0.39 is 0 Å². The maximum absolute atomic E-state index is 6.06. The van der Waals surface area contributed by atoms with Crippen LogP contribution in [0.3, 0.4) is 0 Å². The molecule has 2 heterocycles. The fourth-order valence-corrected chi connectivity index (χ4v) is 3.82. The monoisotopic (exact) mass is 438 g/mol. The Morgan fingerprint density at radius 3 is 2.17 bits per heavy atom. The van der Waals surface area contributed by atoms with Gasteiger partial charge in [-0.15, -0.1) is 11.3 Å². The topological polar surface area (TPSA) is 42.5 Å². The second-order valence-corrected chi connectivity index (χ2v) is 7.94. The number of rotatable bonds is 4. The van der Waals surface area contributed by atoms with Crippen LogP contribution in [0.5, 0.6) is 0 Å². The Labute approximate surface area is 182 Å². The summed E-state index contributed by atoms with van der Waals surface area (Å²) in [5.74, 6) is 0. The van der Waals surface area contributed by atoms with Crippen LogP contribution in [-0.4, -0.2) is 15.4 Å². The van der Waals surface area contributed by atoms with E-state index in [-0.39, 0.29) is 0 Å². The van der Waals surface area contributed by atoms with Crippen molar-refractivity contribution in [2.24, 2.45) is 10.1 Å². The normalized spacial score (nSPS) is 12.4. The van der Waals surface area contributed by atoms with Crippen LogP contribution in [0.4, 0.5) is 5.69 Å². The summed E-state index contributed by atoms with van der Waals surface area (Å²) in [5.41, 5.74) is 4.61. The third-order valence-electron chi connectivity index (χ3n) is 4.22. The lowest BCUT2D eigenvalue weighted by Crippen LogP contribution is -2.13. The summed E-state index contributed by atoms with van der Waals surface area (Å²) in [6.07, 6.45) is 3.51. The minimum Gasteiger partial charge on any atom is -0.265 e. The third kappa shape index (κ3) is 4.65. The molecule has 0 aliphatic carbocycles. The zero-order valence-corrected chi connectivity index (χ0v) is 17.8. The maximum Gasteiger partial charge on any atom is 0.211 e. The van der Waals surface area contributed by atoms with Gasteiger partial charge in [0.2, 0.25) is 4.80 Å². The van der Waals surface area contributed by atoms with Crippen molar-refractivity contribution >= 4 is 45.9 Å². The molecule has 0 unspecified atom stereocenters. The van der Waals surface area contributed by atoms with Gasteiger partial charge in [0.1, 0.15) is 0 Å². The van der Waals surface area contributed by atoms with Crippen LogP contribution in [0.1, 0.15) is 12.5 Å². The molecule has 0 N–H and O–H groups in total. The van der Waals surface area contributed by atoms with Crippen molar-refractivity contribution < 1.29 is 0 Å². The molecule has 0 aliphatic heterocycles. The molecule has 0 aliphatic rings. The molecule has 0 spiro atoms. The van der Waals surface area contributed by atoms with Gasteiger partial charge < -0.3 is 0 Å². The summed E-state index contributed by atoms with van der Waals surface area (Å²) in [7, 11) is 0. The highest BCUT2D eigenvalue weighted by Crippen LogP contribution is 2.23. The van der Waals surface area contributed by atoms with E-state index in [0.29, 0.717) is 10.0 Å². The van der Waals surface area contributed by atoms with Crippen LogP contribution in [0, 0.1) is 0 Å². The van der Waals surface area contributed by atoms with Gasteiger partial charge in [0.05, 0.1) is 17.1 Å². The quantitative estimate of drug-likeness (QED) is 0.338. The van der Waals surface area contributed by atoms with E-state index in [1.165, 1.54) is 11.3 Å². The molecule has 0 radical (unpaired) electrons. The van der Waals surface area contributed by atoms with E-state index in [4.69, 9.17) is 33.3 Å². The number of aromatic nitrogens is 2. The summed E-state index contributed by atoms with van der Waals surface area (Å²) in [6, 6.07) is 19.0. The highest BCUT2D eigenvalue weighted by Gasteiger charge is 2.09. The largest absolute Gasteiger partial charge is 0.265 e. The second kappa shape index (κ2) is 8.74. The van der Waals surface area contributed by atoms with E-state index in [9.17, 15) is 0 Å². The Morgan fingerprint density at radius 1 is 0.897 bits per heavy atom. The molecule has 0 bridgehead atoms. The highest BCUT2D eigenvalue weighted by molar-refractivity contribution is 7.07. The molecule has 7 heteroatoms. The summed E-state index contributed by atoms with van der Waals surface area (Å²) in [5, 5.41) is 8.28. The average molecular weight is 439 g/mol. The number of hydrogen-bond donors (Lipinski definition) is 0. The van der Waals surface area contributed by atoms with Crippen LogP contribution in [0.15, 0.2) is 88.5 Å². The van der Waals surface area contributed by atoms with Gasteiger partial charge in [0, 0.05) is 38.9 Å². The molecule has 4 nitrogen and oxygen atoms in total. The zero-order chi connectivity index (χ0) is 20.2. The van der Waals surface area contributed by atoms with Gasteiger partial charge in [-0.1, -0.05) is 35.3 Å². The molecule has 0 saturated carbocycles. The number of benzene rings is 2. The van der Waals surface area contributed by atoms with Gasteiger partial charge in [-0.05, 0) is 55.5 Å². The Hall–Kier alpha value is -2.73. The minimum absolute atomic E-state index is 0.677. The molecule has 0 amide bonds. The minimum atomic E-state index is 0.677. The second-order valence-electron chi connectivity index (χ2n) is 6.23. The average Bonchev–Trinajstić information content (AvgIpc) is 3.13. The molecule has 29 heavy (non-hydrogen) atoms. The number of thiazole rings is 1. The summed E-state index contributed by atoms with van der Waals surface area (Å²) in [6.45, 7) is 1.97. The van der Waals surface area contributed by atoms with Crippen molar-refractivity contribution in [1.29, 1.82) is 0 Å². The summed E-state index contributed by atoms with van der Waals surface area (Å²) in [4.78, 5) is 9.60. The van der Waals surface area contributed by atoms with Crippen LogP contribution in [0.25, 0.3) is 11.3 Å². The van der Waals surface area contributed by atoms with Crippen molar-refractivity contribution in [2.75, 3.05) is 0 Å². The van der Waals surface area contributed by atoms with Crippen molar-refractivity contribution in [2.45, 2.75) is 6.92 Å². The number of pyridine rings is 1. The highest BCUT2D eigenvalue weighted by atomic mass is 35.5. The molecule has 2 aromatic carbocycles. The lowest BCUT2D eigenvalue weighted by atomic mass is 10.2. The number of hydrogen-bond acceptors (Lipinski definition) is 4. The van der Waals surface area contributed by atoms with Crippen LogP contribution >= 0.6 is 34.5 Å². The molecule has 4 rings (SSSR count). The van der Waals surface area contributed by atoms with Crippen molar-refractivity contribution in [3.8, 4) is 11.3 Å². The molecule has 4 aromatic rings. The molecule has 144 valence electrons. The van der Waals surface area contributed by atoms with E-state index in [1.54, 1.807) is 12.4 Å². The molecule has 0 atom stereocenters.